The van der Waals surface area contributed by atoms with Crippen LogP contribution in [0.2, 0.25) is 0 Å². The monoisotopic (exact) mass is 516 g/mol. The van der Waals surface area contributed by atoms with E-state index in [0.717, 1.165) is 18.2 Å². The molecule has 184 valence electrons. The number of fused-ring (bicyclic) bond motifs is 1. The molecule has 5 aromatic rings. The maximum atomic E-state index is 15.5. The van der Waals surface area contributed by atoms with E-state index in [-0.39, 0.29) is 11.3 Å². The fraction of sp³-hybridized carbons (Fsp3) is 0.0833. The molecule has 2 N–H and O–H groups in total. The van der Waals surface area contributed by atoms with E-state index in [4.69, 9.17) is 4.74 Å². The van der Waals surface area contributed by atoms with E-state index < -0.39 is 60.4 Å². The van der Waals surface area contributed by atoms with Crippen LogP contribution in [0.1, 0.15) is 5.56 Å². The number of aromatic nitrogens is 4. The summed E-state index contributed by atoms with van der Waals surface area (Å²) < 4.78 is 90.8. The maximum Gasteiger partial charge on any atom is 0.185 e. The molecule has 0 saturated heterocycles. The number of hydrogen-bond acceptors (Lipinski definition) is 5. The molecule has 2 heterocycles. The van der Waals surface area contributed by atoms with Gasteiger partial charge < -0.3 is 9.72 Å². The van der Waals surface area contributed by atoms with Gasteiger partial charge in [-0.1, -0.05) is 18.2 Å². The topological polar surface area (TPSA) is 101 Å². The van der Waals surface area contributed by atoms with Crippen molar-refractivity contribution in [2.45, 2.75) is 10.6 Å². The van der Waals surface area contributed by atoms with Crippen LogP contribution in [-0.2, 0) is 15.6 Å². The Hall–Kier alpha value is -4.19. The van der Waals surface area contributed by atoms with Gasteiger partial charge in [-0.05, 0) is 24.3 Å². The van der Waals surface area contributed by atoms with Gasteiger partial charge in [0.25, 0.3) is 0 Å². The minimum absolute atomic E-state index is 0.186. The maximum absolute atomic E-state index is 15.5. The molecule has 0 aliphatic carbocycles. The Kier molecular flexibility index (Phi) is 5.75. The van der Waals surface area contributed by atoms with E-state index in [1.54, 1.807) is 6.20 Å². The fourth-order valence-electron chi connectivity index (χ4n) is 3.95. The summed E-state index contributed by atoms with van der Waals surface area (Å²) in [5, 5.41) is 6.88. The molecule has 0 spiro atoms. The second kappa shape index (κ2) is 8.79. The highest BCUT2D eigenvalue weighted by atomic mass is 32.2. The van der Waals surface area contributed by atoms with Gasteiger partial charge in [0.05, 0.1) is 18.4 Å². The molecule has 0 saturated carbocycles. The average Bonchev–Trinajstić information content (AvgIpc) is 3.52. The molecule has 3 aromatic carbocycles. The third-order valence-electron chi connectivity index (χ3n) is 5.67. The number of ether oxygens (including phenoxy) is 1. The zero-order valence-corrected chi connectivity index (χ0v) is 19.3. The minimum atomic E-state index is -4.42. The molecular weight excluding hydrogens is 500 g/mol. The van der Waals surface area contributed by atoms with E-state index >= 15 is 8.78 Å². The van der Waals surface area contributed by atoms with Crippen molar-refractivity contribution in [3.63, 3.8) is 0 Å². The molecule has 7 nitrogen and oxygen atoms in total. The lowest BCUT2D eigenvalue weighted by atomic mass is 9.99. The van der Waals surface area contributed by atoms with E-state index in [1.807, 2.05) is 0 Å². The molecule has 0 amide bonds. The lowest BCUT2D eigenvalue weighted by Gasteiger charge is -2.13. The van der Waals surface area contributed by atoms with Gasteiger partial charge >= 0.3 is 0 Å². The van der Waals surface area contributed by atoms with Gasteiger partial charge in [0.15, 0.2) is 33.0 Å². The summed E-state index contributed by atoms with van der Waals surface area (Å²) in [6.45, 7) is 0. The average molecular weight is 516 g/mol. The van der Waals surface area contributed by atoms with Crippen molar-refractivity contribution in [2.75, 3.05) is 7.11 Å². The highest BCUT2D eigenvalue weighted by molar-refractivity contribution is 7.90. The van der Waals surface area contributed by atoms with Crippen molar-refractivity contribution in [2.24, 2.45) is 0 Å². The number of nitrogens with one attached hydrogen (secondary N) is 2. The van der Waals surface area contributed by atoms with Crippen LogP contribution in [-0.4, -0.2) is 35.7 Å². The highest BCUT2D eigenvalue weighted by Crippen LogP contribution is 2.36. The van der Waals surface area contributed by atoms with Crippen LogP contribution in [0.5, 0.6) is 5.75 Å². The summed E-state index contributed by atoms with van der Waals surface area (Å²) in [5.41, 5.74) is -1.50. The summed E-state index contributed by atoms with van der Waals surface area (Å²) in [6.07, 6.45) is 3.06. The van der Waals surface area contributed by atoms with Crippen LogP contribution in [0.4, 0.5) is 17.6 Å². The van der Waals surface area contributed by atoms with Crippen molar-refractivity contribution in [3.05, 3.63) is 83.7 Å². The van der Waals surface area contributed by atoms with Crippen molar-refractivity contribution in [1.29, 1.82) is 0 Å². The first-order valence-electron chi connectivity index (χ1n) is 10.4. The Bertz CT molecular complexity index is 1720. The molecule has 0 atom stereocenters. The van der Waals surface area contributed by atoms with Crippen LogP contribution in [0.15, 0.2) is 59.8 Å². The molecular formula is C24H16F4N4O3S. The Balaban J connectivity index is 1.59. The number of H-pyrrole nitrogens is 2. The third-order valence-corrected chi connectivity index (χ3v) is 7.35. The van der Waals surface area contributed by atoms with E-state index in [9.17, 15) is 17.2 Å². The van der Waals surface area contributed by atoms with Crippen molar-refractivity contribution >= 4 is 20.7 Å². The fourth-order valence-corrected chi connectivity index (χ4v) is 5.40. The number of methoxy groups -OCH3 is 1. The minimum Gasteiger partial charge on any atom is -0.494 e. The zero-order valence-electron chi connectivity index (χ0n) is 18.4. The molecule has 5 rings (SSSR count). The Morgan fingerprint density at radius 2 is 1.78 bits per heavy atom. The van der Waals surface area contributed by atoms with Gasteiger partial charge in [0.1, 0.15) is 27.7 Å². The van der Waals surface area contributed by atoms with Crippen LogP contribution in [0.3, 0.4) is 0 Å². The first-order valence-corrected chi connectivity index (χ1v) is 12.1. The summed E-state index contributed by atoms with van der Waals surface area (Å²) in [7, 11) is -3.25. The summed E-state index contributed by atoms with van der Waals surface area (Å²) >= 11 is 0. The van der Waals surface area contributed by atoms with E-state index in [0.29, 0.717) is 16.9 Å². The molecule has 0 bridgehead atoms. The molecule has 0 unspecified atom stereocenters. The second-order valence-corrected chi connectivity index (χ2v) is 9.74. The van der Waals surface area contributed by atoms with Crippen molar-refractivity contribution in [1.82, 2.24) is 20.2 Å². The number of sulfone groups is 1. The number of aromatic amines is 2. The van der Waals surface area contributed by atoms with E-state index in [2.05, 4.69) is 20.2 Å². The number of benzene rings is 3. The van der Waals surface area contributed by atoms with Crippen LogP contribution in [0, 0.1) is 23.3 Å². The largest absolute Gasteiger partial charge is 0.494 e. The molecule has 0 aliphatic heterocycles. The van der Waals surface area contributed by atoms with Gasteiger partial charge in [0.2, 0.25) is 0 Å². The third kappa shape index (κ3) is 3.79. The van der Waals surface area contributed by atoms with Crippen LogP contribution in [0.25, 0.3) is 33.5 Å². The number of imidazole rings is 1. The standard InChI is InChI=1S/C24H16F4N4O3S/c1-35-16-3-2-4-17(21(16)28)36(33,34)11-12-5-8-15(25)18(19(12)26)13-6-7-14-22(20(13)27)31-32-23(14)24-29-9-10-30-24/h2-10H,11H2,1H3,(H,29,30)(H,31,32). The summed E-state index contributed by atoms with van der Waals surface area (Å²) in [5.74, 6) is -5.46. The Labute approximate surface area is 201 Å². The molecule has 2 aromatic heterocycles. The molecule has 0 fully saturated rings. The molecule has 12 heteroatoms. The van der Waals surface area contributed by atoms with Crippen LogP contribution < -0.4 is 4.74 Å². The SMILES string of the molecule is COc1cccc(S(=O)(=O)Cc2ccc(F)c(-c3ccc4c(-c5ncc[nH]5)[nH]nc4c3F)c2F)c1F. The van der Waals surface area contributed by atoms with Gasteiger partial charge in [-0.3, -0.25) is 5.10 Å². The zero-order chi connectivity index (χ0) is 25.6. The highest BCUT2D eigenvalue weighted by Gasteiger charge is 2.27. The second-order valence-electron chi connectivity index (χ2n) is 7.79. The van der Waals surface area contributed by atoms with Gasteiger partial charge in [-0.2, -0.15) is 5.10 Å². The summed E-state index contributed by atoms with van der Waals surface area (Å²) in [4.78, 5) is 6.22. The number of nitrogens with zero attached hydrogens (tertiary/aromatic N) is 2. The van der Waals surface area contributed by atoms with E-state index in [1.165, 1.54) is 37.6 Å². The smallest absolute Gasteiger partial charge is 0.185 e. The number of hydrogen-bond donors (Lipinski definition) is 2. The first kappa shape index (κ1) is 23.5. The lowest BCUT2D eigenvalue weighted by Crippen LogP contribution is -2.10. The predicted molar refractivity (Wildman–Crippen MR) is 123 cm³/mol. The Morgan fingerprint density at radius 1 is 0.972 bits per heavy atom. The van der Waals surface area contributed by atoms with Gasteiger partial charge in [0, 0.05) is 28.9 Å². The first-order chi connectivity index (χ1) is 17.2. The van der Waals surface area contributed by atoms with Gasteiger partial charge in [-0.25, -0.2) is 31.0 Å². The molecule has 36 heavy (non-hydrogen) atoms. The molecule has 0 radical (unpaired) electrons. The summed E-state index contributed by atoms with van der Waals surface area (Å²) in [6, 6.07) is 7.85. The predicted octanol–water partition coefficient (Wildman–Crippen LogP) is 5.16. The number of rotatable bonds is 6. The number of halogens is 4. The quantitative estimate of drug-likeness (QED) is 0.304. The van der Waals surface area contributed by atoms with Crippen molar-refractivity contribution in [3.8, 4) is 28.4 Å². The van der Waals surface area contributed by atoms with Crippen LogP contribution >= 0.6 is 0 Å². The van der Waals surface area contributed by atoms with Gasteiger partial charge in [-0.15, -0.1) is 0 Å². The Morgan fingerprint density at radius 3 is 2.50 bits per heavy atom. The van der Waals surface area contributed by atoms with Crippen molar-refractivity contribution < 1.29 is 30.7 Å². The normalized spacial score (nSPS) is 11.8. The molecule has 0 aliphatic rings. The lowest BCUT2D eigenvalue weighted by molar-refractivity contribution is 0.380.